The van der Waals surface area contributed by atoms with Gasteiger partial charge >= 0.3 is 0 Å². The molecule has 0 spiro atoms. The van der Waals surface area contributed by atoms with Crippen LogP contribution in [0.15, 0.2) is 52.9 Å². The number of nitrogens with zero attached hydrogens (tertiary/aromatic N) is 3. The van der Waals surface area contributed by atoms with E-state index in [1.54, 1.807) is 44.5 Å². The average Bonchev–Trinajstić information content (AvgIpc) is 3.29. The van der Waals surface area contributed by atoms with Crippen LogP contribution in [-0.4, -0.2) is 39.5 Å². The van der Waals surface area contributed by atoms with Crippen molar-refractivity contribution in [3.63, 3.8) is 0 Å². The lowest BCUT2D eigenvalue weighted by Crippen LogP contribution is -2.42. The van der Waals surface area contributed by atoms with Crippen molar-refractivity contribution in [2.45, 2.75) is 17.5 Å². The molecular formula is C22H19FN4O3S2. The zero-order valence-electron chi connectivity index (χ0n) is 17.3. The number of aromatic nitrogens is 3. The second-order valence-corrected chi connectivity index (χ2v) is 9.49. The van der Waals surface area contributed by atoms with Gasteiger partial charge in [0, 0.05) is 22.5 Å². The number of rotatable bonds is 6. The molecule has 0 bridgehead atoms. The molecule has 1 N–H and O–H groups in total. The van der Waals surface area contributed by atoms with Crippen molar-refractivity contribution >= 4 is 38.4 Å². The lowest BCUT2D eigenvalue weighted by Gasteiger charge is -2.34. The summed E-state index contributed by atoms with van der Waals surface area (Å²) in [4.78, 5) is 13.8. The molecule has 2 aromatic heterocycles. The maximum absolute atomic E-state index is 14.8. The van der Waals surface area contributed by atoms with E-state index >= 15 is 0 Å². The quantitative estimate of drug-likeness (QED) is 0.450. The van der Waals surface area contributed by atoms with E-state index < -0.39 is 16.7 Å². The van der Waals surface area contributed by atoms with Crippen molar-refractivity contribution in [1.82, 2.24) is 15.0 Å². The number of hydrogen-bond donors (Lipinski definition) is 1. The van der Waals surface area contributed by atoms with Crippen LogP contribution in [0.1, 0.15) is 11.4 Å². The van der Waals surface area contributed by atoms with E-state index in [9.17, 15) is 8.60 Å². The highest BCUT2D eigenvalue weighted by Crippen LogP contribution is 2.40. The minimum Gasteiger partial charge on any atom is -0.496 e. The molecule has 0 amide bonds. The number of halogens is 1. The molecule has 0 aliphatic carbocycles. The highest BCUT2D eigenvalue weighted by Gasteiger charge is 2.41. The summed E-state index contributed by atoms with van der Waals surface area (Å²) in [7, 11) is 0.0672. The Kier molecular flexibility index (Phi) is 5.36. The van der Waals surface area contributed by atoms with Gasteiger partial charge in [-0.05, 0) is 42.8 Å². The number of anilines is 1. The van der Waals surface area contributed by atoms with Crippen molar-refractivity contribution in [1.29, 1.82) is 0 Å². The van der Waals surface area contributed by atoms with Gasteiger partial charge in [0.1, 0.15) is 11.6 Å². The van der Waals surface area contributed by atoms with E-state index in [1.165, 1.54) is 11.3 Å². The highest BCUT2D eigenvalue weighted by atomic mass is 32.2. The number of benzene rings is 2. The third kappa shape index (κ3) is 3.74. The molecule has 7 nitrogen and oxygen atoms in total. The van der Waals surface area contributed by atoms with Gasteiger partial charge in [0.25, 0.3) is 0 Å². The fourth-order valence-corrected chi connectivity index (χ4v) is 5.10. The molecule has 1 aliphatic heterocycles. The van der Waals surface area contributed by atoms with E-state index in [0.717, 1.165) is 10.9 Å². The standard InChI is InChI=1S/C22H19FN4O3S2/c1-13-25-18-10-15(32(28)27-21-24-7-8-31-21)4-6-16(18)20(26-13)17-5-3-14(9-19(17)29-2)22(23)11-30-12-22/h3-10H,11-12H2,1-2H3,(H,24,27). The van der Waals surface area contributed by atoms with Crippen molar-refractivity contribution in [3.05, 3.63) is 59.4 Å². The van der Waals surface area contributed by atoms with E-state index in [1.807, 2.05) is 17.5 Å². The molecule has 1 aliphatic rings. The van der Waals surface area contributed by atoms with E-state index in [4.69, 9.17) is 9.47 Å². The van der Waals surface area contributed by atoms with Gasteiger partial charge in [0.15, 0.2) is 21.8 Å². The summed E-state index contributed by atoms with van der Waals surface area (Å²) in [5.74, 6) is 1.08. The Hall–Kier alpha value is -2.95. The Balaban J connectivity index is 1.56. The lowest BCUT2D eigenvalue weighted by atomic mass is 9.92. The molecule has 0 saturated carbocycles. The molecule has 164 valence electrons. The van der Waals surface area contributed by atoms with Gasteiger partial charge in [-0.2, -0.15) is 0 Å². The van der Waals surface area contributed by atoms with Gasteiger partial charge in [-0.1, -0.05) is 6.07 Å². The number of fused-ring (bicyclic) bond motifs is 1. The van der Waals surface area contributed by atoms with Gasteiger partial charge in [0.2, 0.25) is 0 Å². The van der Waals surface area contributed by atoms with Gasteiger partial charge in [-0.25, -0.2) is 23.6 Å². The molecule has 4 aromatic rings. The van der Waals surface area contributed by atoms with Crippen molar-refractivity contribution in [3.8, 4) is 17.0 Å². The maximum Gasteiger partial charge on any atom is 0.194 e. The number of aryl methyl sites for hydroxylation is 1. The largest absolute Gasteiger partial charge is 0.496 e. The Morgan fingerprint density at radius 3 is 2.75 bits per heavy atom. The summed E-state index contributed by atoms with van der Waals surface area (Å²) in [5.41, 5.74) is 1.08. The van der Waals surface area contributed by atoms with Gasteiger partial charge in [-0.15, -0.1) is 11.3 Å². The molecule has 3 heterocycles. The summed E-state index contributed by atoms with van der Waals surface area (Å²) in [6, 6.07) is 10.6. The second-order valence-electron chi connectivity index (χ2n) is 7.38. The van der Waals surface area contributed by atoms with Crippen molar-refractivity contribution < 1.29 is 18.1 Å². The zero-order valence-corrected chi connectivity index (χ0v) is 18.9. The van der Waals surface area contributed by atoms with Crippen LogP contribution in [0, 0.1) is 6.92 Å². The summed E-state index contributed by atoms with van der Waals surface area (Å²) in [6.07, 6.45) is 1.65. The first kappa shape index (κ1) is 20.9. The van der Waals surface area contributed by atoms with Crippen LogP contribution in [0.2, 0.25) is 0 Å². The van der Waals surface area contributed by atoms with Gasteiger partial charge in [-0.3, -0.25) is 4.72 Å². The third-order valence-corrected chi connectivity index (χ3v) is 7.12. The van der Waals surface area contributed by atoms with Crippen LogP contribution in [0.25, 0.3) is 22.2 Å². The number of hydrogen-bond acceptors (Lipinski definition) is 7. The summed E-state index contributed by atoms with van der Waals surface area (Å²) < 4.78 is 41.0. The van der Waals surface area contributed by atoms with Crippen molar-refractivity contribution in [2.24, 2.45) is 0 Å². The maximum atomic E-state index is 14.8. The third-order valence-electron chi connectivity index (χ3n) is 5.24. The predicted molar refractivity (Wildman–Crippen MR) is 122 cm³/mol. The number of ether oxygens (including phenoxy) is 2. The fourth-order valence-electron chi connectivity index (χ4n) is 3.57. The molecule has 1 unspecified atom stereocenters. The molecule has 1 atom stereocenters. The first-order valence-electron chi connectivity index (χ1n) is 9.79. The molecule has 10 heteroatoms. The second kappa shape index (κ2) is 8.19. The molecule has 32 heavy (non-hydrogen) atoms. The SMILES string of the molecule is COc1cc(C2(F)COC2)ccc1-c1nc(C)nc2cc(S(=O)Nc3nccs3)ccc12. The Bertz CT molecular complexity index is 1330. The summed E-state index contributed by atoms with van der Waals surface area (Å²) >= 11 is 1.38. The Morgan fingerprint density at radius 2 is 2.06 bits per heavy atom. The smallest absolute Gasteiger partial charge is 0.194 e. The number of thiazole rings is 1. The lowest BCUT2D eigenvalue weighted by molar-refractivity contribution is -0.135. The zero-order chi connectivity index (χ0) is 22.3. The van der Waals surface area contributed by atoms with Crippen LogP contribution < -0.4 is 9.46 Å². The first-order chi connectivity index (χ1) is 15.5. The fraction of sp³-hybridized carbons (Fsp3) is 0.227. The molecule has 5 rings (SSSR count). The van der Waals surface area contributed by atoms with Crippen LogP contribution in [0.4, 0.5) is 9.52 Å². The number of alkyl halides is 1. The Morgan fingerprint density at radius 1 is 1.22 bits per heavy atom. The summed E-state index contributed by atoms with van der Waals surface area (Å²) in [5, 5.41) is 3.17. The topological polar surface area (TPSA) is 86.2 Å². The predicted octanol–water partition coefficient (Wildman–Crippen LogP) is 4.40. The van der Waals surface area contributed by atoms with Crippen LogP contribution in [0.3, 0.4) is 0 Å². The van der Waals surface area contributed by atoms with E-state index in [2.05, 4.69) is 19.7 Å². The normalized spacial score (nSPS) is 15.8. The van der Waals surface area contributed by atoms with Crippen LogP contribution in [-0.2, 0) is 21.4 Å². The molecule has 1 saturated heterocycles. The van der Waals surface area contributed by atoms with Gasteiger partial charge in [0.05, 0.1) is 36.4 Å². The van der Waals surface area contributed by atoms with E-state index in [-0.39, 0.29) is 13.2 Å². The van der Waals surface area contributed by atoms with Crippen molar-refractivity contribution in [2.75, 3.05) is 25.0 Å². The van der Waals surface area contributed by atoms with Gasteiger partial charge < -0.3 is 9.47 Å². The van der Waals surface area contributed by atoms with E-state index in [0.29, 0.717) is 38.4 Å². The van der Waals surface area contributed by atoms with Crippen LogP contribution in [0.5, 0.6) is 5.75 Å². The Labute approximate surface area is 190 Å². The minimum absolute atomic E-state index is 0.0417. The highest BCUT2D eigenvalue weighted by molar-refractivity contribution is 7.86. The first-order valence-corrected chi connectivity index (χ1v) is 11.8. The molecule has 0 radical (unpaired) electrons. The number of methoxy groups -OCH3 is 1. The molecule has 2 aromatic carbocycles. The average molecular weight is 471 g/mol. The number of nitrogens with one attached hydrogen (secondary N) is 1. The monoisotopic (exact) mass is 470 g/mol. The van der Waals surface area contributed by atoms with Crippen LogP contribution >= 0.6 is 11.3 Å². The molecular weight excluding hydrogens is 451 g/mol. The minimum atomic E-state index is -1.49. The summed E-state index contributed by atoms with van der Waals surface area (Å²) in [6.45, 7) is 1.88. The molecule has 1 fully saturated rings.